The van der Waals surface area contributed by atoms with Gasteiger partial charge in [0.15, 0.2) is 6.61 Å². The van der Waals surface area contributed by atoms with Gasteiger partial charge in [-0.05, 0) is 36.4 Å². The van der Waals surface area contributed by atoms with Gasteiger partial charge >= 0.3 is 5.97 Å². The molecule has 0 aliphatic rings. The molecule has 0 radical (unpaired) electrons. The molecule has 29 heavy (non-hydrogen) atoms. The van der Waals surface area contributed by atoms with E-state index in [1.54, 1.807) is 0 Å². The Kier molecular flexibility index (Phi) is 5.63. The molecule has 10 heteroatoms. The van der Waals surface area contributed by atoms with Crippen LogP contribution in [0.15, 0.2) is 59.0 Å². The number of nitro groups is 1. The molecule has 1 aromatic heterocycles. The normalized spacial score (nSPS) is 10.4. The second-order valence-corrected chi connectivity index (χ2v) is 5.69. The topological polar surface area (TPSA) is 112 Å². The first-order valence-electron chi connectivity index (χ1n) is 8.11. The largest absolute Gasteiger partial charge is 0.450 e. The third-order valence-electron chi connectivity index (χ3n) is 3.73. The molecule has 2 aromatic carbocycles. The van der Waals surface area contributed by atoms with E-state index in [0.29, 0.717) is 5.56 Å². The molecule has 0 saturated heterocycles. The minimum absolute atomic E-state index is 0.0998. The highest BCUT2D eigenvalue weighted by molar-refractivity contribution is 5.95. The van der Waals surface area contributed by atoms with E-state index >= 15 is 0 Å². The summed E-state index contributed by atoms with van der Waals surface area (Å²) in [4.78, 5) is 33.9. The van der Waals surface area contributed by atoms with Crippen molar-refractivity contribution >= 4 is 23.3 Å². The highest BCUT2D eigenvalue weighted by Gasteiger charge is 2.17. The molecule has 0 fully saturated rings. The minimum Gasteiger partial charge on any atom is -0.450 e. The predicted octanol–water partition coefficient (Wildman–Crippen LogP) is 3.93. The number of furan rings is 1. The number of anilines is 1. The van der Waals surface area contributed by atoms with Crippen LogP contribution in [0.1, 0.15) is 10.6 Å². The molecule has 3 rings (SSSR count). The third kappa shape index (κ3) is 4.61. The molecule has 0 unspecified atom stereocenters. The van der Waals surface area contributed by atoms with Gasteiger partial charge in [-0.1, -0.05) is 6.07 Å². The molecule has 0 saturated carbocycles. The van der Waals surface area contributed by atoms with Crippen molar-refractivity contribution in [2.24, 2.45) is 0 Å². The van der Waals surface area contributed by atoms with Crippen molar-refractivity contribution in [1.29, 1.82) is 0 Å². The molecular formula is C19H12F2N2O6. The maximum Gasteiger partial charge on any atom is 0.374 e. The summed E-state index contributed by atoms with van der Waals surface area (Å²) in [5.41, 5.74) is -0.258. The van der Waals surface area contributed by atoms with Crippen molar-refractivity contribution < 1.29 is 32.4 Å². The van der Waals surface area contributed by atoms with Crippen molar-refractivity contribution in [3.8, 4) is 11.3 Å². The third-order valence-corrected chi connectivity index (χ3v) is 3.73. The zero-order valence-electron chi connectivity index (χ0n) is 14.6. The molecule has 0 atom stereocenters. The molecule has 148 valence electrons. The van der Waals surface area contributed by atoms with Crippen LogP contribution in [0.2, 0.25) is 0 Å². The number of para-hydroxylation sites is 1. The van der Waals surface area contributed by atoms with Crippen molar-refractivity contribution in [3.05, 3.63) is 82.1 Å². The number of halogens is 2. The summed E-state index contributed by atoms with van der Waals surface area (Å²) < 4.78 is 37.1. The van der Waals surface area contributed by atoms with E-state index in [9.17, 15) is 28.5 Å². The lowest BCUT2D eigenvalue weighted by Gasteiger charge is -2.07. The smallest absolute Gasteiger partial charge is 0.374 e. The highest BCUT2D eigenvalue weighted by Crippen LogP contribution is 2.25. The number of ether oxygens (including phenoxy) is 1. The van der Waals surface area contributed by atoms with Crippen LogP contribution in [0.5, 0.6) is 0 Å². The van der Waals surface area contributed by atoms with Gasteiger partial charge in [-0.15, -0.1) is 0 Å². The van der Waals surface area contributed by atoms with E-state index in [0.717, 1.165) is 18.2 Å². The number of esters is 1. The number of non-ortho nitro benzene ring substituents is 1. The molecule has 1 N–H and O–H groups in total. The minimum atomic E-state index is -0.970. The number of nitrogens with one attached hydrogen (secondary N) is 1. The molecule has 0 aliphatic carbocycles. The summed E-state index contributed by atoms with van der Waals surface area (Å²) in [6.07, 6.45) is 0. The van der Waals surface area contributed by atoms with Crippen LogP contribution in [-0.4, -0.2) is 23.4 Å². The Balaban J connectivity index is 1.60. The SMILES string of the molecule is O=C(COC(=O)c1ccc(-c2ccc([N+](=O)[O-])cc2)o1)Nc1c(F)cccc1F. The molecule has 0 aliphatic heterocycles. The fourth-order valence-electron chi connectivity index (χ4n) is 2.35. The van der Waals surface area contributed by atoms with E-state index < -0.39 is 40.7 Å². The molecular weight excluding hydrogens is 390 g/mol. The highest BCUT2D eigenvalue weighted by atomic mass is 19.1. The Labute approximate surface area is 161 Å². The monoisotopic (exact) mass is 402 g/mol. The average molecular weight is 402 g/mol. The molecule has 0 spiro atoms. The van der Waals surface area contributed by atoms with Gasteiger partial charge in [-0.25, -0.2) is 13.6 Å². The molecule has 0 bridgehead atoms. The Bertz CT molecular complexity index is 1060. The van der Waals surface area contributed by atoms with Crippen LogP contribution in [0.25, 0.3) is 11.3 Å². The van der Waals surface area contributed by atoms with Crippen LogP contribution in [-0.2, 0) is 9.53 Å². The van der Waals surface area contributed by atoms with Gasteiger partial charge in [0.2, 0.25) is 5.76 Å². The molecule has 3 aromatic rings. The predicted molar refractivity (Wildman–Crippen MR) is 96.1 cm³/mol. The first-order valence-corrected chi connectivity index (χ1v) is 8.11. The Morgan fingerprint density at radius 3 is 2.31 bits per heavy atom. The lowest BCUT2D eigenvalue weighted by Crippen LogP contribution is -2.22. The van der Waals surface area contributed by atoms with Crippen LogP contribution in [0, 0.1) is 21.7 Å². The van der Waals surface area contributed by atoms with Crippen molar-refractivity contribution in [2.45, 2.75) is 0 Å². The van der Waals surface area contributed by atoms with Crippen LogP contribution in [0.3, 0.4) is 0 Å². The van der Waals surface area contributed by atoms with Crippen LogP contribution in [0.4, 0.5) is 20.2 Å². The Morgan fingerprint density at radius 2 is 1.69 bits per heavy atom. The van der Waals surface area contributed by atoms with Gasteiger partial charge < -0.3 is 14.5 Å². The summed E-state index contributed by atoms with van der Waals surface area (Å²) in [6.45, 7) is -0.791. The number of nitrogens with zero attached hydrogens (tertiary/aromatic N) is 1. The number of carbonyl (C=O) groups is 2. The number of nitro benzene ring substituents is 1. The van der Waals surface area contributed by atoms with Gasteiger partial charge in [-0.2, -0.15) is 0 Å². The van der Waals surface area contributed by atoms with Crippen molar-refractivity contribution in [1.82, 2.24) is 0 Å². The summed E-state index contributed by atoms with van der Waals surface area (Å²) in [7, 11) is 0. The van der Waals surface area contributed by atoms with E-state index in [4.69, 9.17) is 9.15 Å². The maximum absolute atomic E-state index is 13.5. The number of carbonyl (C=O) groups excluding carboxylic acids is 2. The van der Waals surface area contributed by atoms with Crippen LogP contribution < -0.4 is 5.32 Å². The lowest BCUT2D eigenvalue weighted by molar-refractivity contribution is -0.384. The number of rotatable bonds is 6. The average Bonchev–Trinajstić information content (AvgIpc) is 3.19. The number of amides is 1. The van der Waals surface area contributed by atoms with Gasteiger partial charge in [-0.3, -0.25) is 14.9 Å². The summed E-state index contributed by atoms with van der Waals surface area (Å²) in [5, 5.41) is 12.6. The Morgan fingerprint density at radius 1 is 1.03 bits per heavy atom. The van der Waals surface area contributed by atoms with Gasteiger partial charge in [0, 0.05) is 17.7 Å². The van der Waals surface area contributed by atoms with E-state index in [-0.39, 0.29) is 17.2 Å². The summed E-state index contributed by atoms with van der Waals surface area (Å²) in [5.74, 6) is -3.81. The van der Waals surface area contributed by atoms with E-state index in [2.05, 4.69) is 0 Å². The van der Waals surface area contributed by atoms with E-state index in [1.165, 1.54) is 36.4 Å². The zero-order chi connectivity index (χ0) is 21.0. The van der Waals surface area contributed by atoms with Gasteiger partial charge in [0.1, 0.15) is 23.1 Å². The molecule has 1 heterocycles. The first-order chi connectivity index (χ1) is 13.8. The first kappa shape index (κ1) is 19.7. The lowest BCUT2D eigenvalue weighted by atomic mass is 10.1. The standard InChI is InChI=1S/C19H12F2N2O6/c20-13-2-1-3-14(21)18(13)22-17(24)10-28-19(25)16-9-8-15(29-16)11-4-6-12(7-5-11)23(26)27/h1-9H,10H2,(H,22,24). The molecule has 1 amide bonds. The zero-order valence-corrected chi connectivity index (χ0v) is 14.6. The summed E-state index contributed by atoms with van der Waals surface area (Å²) in [6, 6.07) is 11.3. The molecule has 8 nitrogen and oxygen atoms in total. The van der Waals surface area contributed by atoms with Gasteiger partial charge in [0.05, 0.1) is 4.92 Å². The fraction of sp³-hybridized carbons (Fsp3) is 0.0526. The maximum atomic E-state index is 13.5. The van der Waals surface area contributed by atoms with E-state index in [1.807, 2.05) is 5.32 Å². The summed E-state index contributed by atoms with van der Waals surface area (Å²) >= 11 is 0. The van der Waals surface area contributed by atoms with Gasteiger partial charge in [0.25, 0.3) is 11.6 Å². The number of hydrogen-bond acceptors (Lipinski definition) is 6. The number of benzene rings is 2. The second kappa shape index (κ2) is 8.30. The van der Waals surface area contributed by atoms with Crippen molar-refractivity contribution in [2.75, 3.05) is 11.9 Å². The quantitative estimate of drug-likeness (QED) is 0.380. The Hall–Kier alpha value is -4.08. The van der Waals surface area contributed by atoms with Crippen molar-refractivity contribution in [3.63, 3.8) is 0 Å². The van der Waals surface area contributed by atoms with Crippen LogP contribution >= 0.6 is 0 Å². The number of hydrogen-bond donors (Lipinski definition) is 1. The second-order valence-electron chi connectivity index (χ2n) is 5.69. The fourth-order valence-corrected chi connectivity index (χ4v) is 2.35.